The van der Waals surface area contributed by atoms with Crippen molar-refractivity contribution in [1.82, 2.24) is 0 Å². The molecule has 4 nitrogen and oxygen atoms in total. The average Bonchev–Trinajstić information content (AvgIpc) is 2.78. The number of hydrogen-bond acceptors (Lipinski definition) is 2. The van der Waals surface area contributed by atoms with Gasteiger partial charge < -0.3 is 40.8 Å². The number of nitrogens with two attached hydrogens (primary N) is 1. The summed E-state index contributed by atoms with van der Waals surface area (Å²) in [5, 5.41) is 9.15. The Kier molecular flexibility index (Phi) is 9.54. The van der Waals surface area contributed by atoms with Crippen molar-refractivity contribution in [3.8, 4) is 0 Å². The molecule has 0 fully saturated rings. The van der Waals surface area contributed by atoms with Gasteiger partial charge in [-0.2, -0.15) is 0 Å². The third kappa shape index (κ3) is 6.99. The Balaban J connectivity index is 0.00000181. The molecule has 166 valence electrons. The lowest BCUT2D eigenvalue weighted by atomic mass is 10.1. The molecular formula is C26H28Cl2N4. The third-order valence-corrected chi connectivity index (χ3v) is 5.09. The van der Waals surface area contributed by atoms with Crippen LogP contribution in [-0.4, -0.2) is 18.8 Å². The summed E-state index contributed by atoms with van der Waals surface area (Å²) in [6.07, 6.45) is 8.64. The van der Waals surface area contributed by atoms with Gasteiger partial charge in [0, 0.05) is 47.0 Å². The molecule has 1 aliphatic rings. The Bertz CT molecular complexity index is 1050. The van der Waals surface area contributed by atoms with Crippen molar-refractivity contribution in [2.24, 2.45) is 0 Å². The fourth-order valence-corrected chi connectivity index (χ4v) is 3.33. The molecule has 0 amide bonds. The van der Waals surface area contributed by atoms with E-state index in [1.54, 1.807) is 0 Å². The summed E-state index contributed by atoms with van der Waals surface area (Å²) >= 11 is 0. The minimum atomic E-state index is 0. The van der Waals surface area contributed by atoms with E-state index in [-0.39, 0.29) is 24.8 Å². The smallest absolute Gasteiger partial charge is 0.197 e. The van der Waals surface area contributed by atoms with Crippen LogP contribution in [0.25, 0.3) is 0 Å². The van der Waals surface area contributed by atoms with Crippen molar-refractivity contribution in [1.29, 1.82) is 0 Å². The zero-order valence-corrected chi connectivity index (χ0v) is 19.7. The third-order valence-electron chi connectivity index (χ3n) is 5.09. The standard InChI is InChI=1S/C26H26N4.2ClH/c1-19-3-5-21(6-4-19)28-23-11-13-25(14-12-23)30-26-17-15-24(16-18-26)29-22-9-7-20(27-2)8-10-22;;/h3-18,22,28-30H,1-2H3;2*1H. The van der Waals surface area contributed by atoms with Crippen LogP contribution >= 0.6 is 0 Å². The molecule has 32 heavy (non-hydrogen) atoms. The molecule has 0 bridgehead atoms. The second kappa shape index (κ2) is 12.1. The molecule has 1 aliphatic carbocycles. The van der Waals surface area contributed by atoms with Gasteiger partial charge in [-0.3, -0.25) is 0 Å². The van der Waals surface area contributed by atoms with Crippen LogP contribution in [0, 0.1) is 6.92 Å². The van der Waals surface area contributed by atoms with E-state index in [9.17, 15) is 0 Å². The number of allylic oxidation sites excluding steroid dienone is 2. The van der Waals surface area contributed by atoms with Crippen LogP contribution in [0.3, 0.4) is 0 Å². The summed E-state index contributed by atoms with van der Waals surface area (Å²) in [5.41, 5.74) is 7.92. The topological polar surface area (TPSA) is 54.6 Å². The number of quaternary nitrogens is 1. The lowest BCUT2D eigenvalue weighted by molar-refractivity contribution is -0.587. The molecule has 0 aromatic heterocycles. The van der Waals surface area contributed by atoms with Crippen molar-refractivity contribution in [3.05, 3.63) is 103 Å². The monoisotopic (exact) mass is 466 g/mol. The molecule has 4 rings (SSSR count). The van der Waals surface area contributed by atoms with E-state index in [4.69, 9.17) is 0 Å². The van der Waals surface area contributed by atoms with E-state index in [0.717, 1.165) is 28.5 Å². The second-order valence-corrected chi connectivity index (χ2v) is 7.48. The largest absolute Gasteiger partial charge is 1.00 e. The zero-order chi connectivity index (χ0) is 20.8. The van der Waals surface area contributed by atoms with Crippen LogP contribution in [-0.2, 0) is 0 Å². The van der Waals surface area contributed by atoms with Gasteiger partial charge in [-0.1, -0.05) is 17.7 Å². The fourth-order valence-electron chi connectivity index (χ4n) is 3.33. The second-order valence-electron chi connectivity index (χ2n) is 7.48. The molecule has 0 spiro atoms. The van der Waals surface area contributed by atoms with Crippen LogP contribution < -0.4 is 45.8 Å². The molecule has 3 aromatic rings. The fraction of sp³-hybridized carbons (Fsp3) is 0.115. The van der Waals surface area contributed by atoms with Crippen molar-refractivity contribution >= 4 is 34.1 Å². The number of halogens is 2. The molecule has 0 aliphatic heterocycles. The Morgan fingerprint density at radius 1 is 0.656 bits per heavy atom. The Hall–Kier alpha value is -3.05. The highest BCUT2D eigenvalue weighted by Gasteiger charge is 2.11. The van der Waals surface area contributed by atoms with Gasteiger partial charge in [0.15, 0.2) is 5.71 Å². The highest BCUT2D eigenvalue weighted by Crippen LogP contribution is 2.22. The van der Waals surface area contributed by atoms with Gasteiger partial charge in [0.1, 0.15) is 18.8 Å². The molecule has 0 unspecified atom stereocenters. The molecule has 0 saturated carbocycles. The van der Waals surface area contributed by atoms with Crippen LogP contribution in [0.2, 0.25) is 0 Å². The van der Waals surface area contributed by atoms with Gasteiger partial charge >= 0.3 is 0 Å². The number of rotatable bonds is 6. The van der Waals surface area contributed by atoms with Crippen molar-refractivity contribution in [2.45, 2.75) is 13.0 Å². The average molecular weight is 467 g/mol. The van der Waals surface area contributed by atoms with E-state index in [0.29, 0.717) is 6.04 Å². The lowest BCUT2D eigenvalue weighted by Crippen LogP contribution is -3.00. The molecular weight excluding hydrogens is 439 g/mol. The van der Waals surface area contributed by atoms with E-state index < -0.39 is 0 Å². The van der Waals surface area contributed by atoms with Gasteiger partial charge in [-0.15, -0.1) is 0 Å². The minimum Gasteiger partial charge on any atom is -1.00 e. The number of benzene rings is 3. The van der Waals surface area contributed by atoms with Gasteiger partial charge in [0.2, 0.25) is 0 Å². The molecule has 6 heteroatoms. The first-order valence-corrected chi connectivity index (χ1v) is 10.2. The van der Waals surface area contributed by atoms with Gasteiger partial charge in [-0.05, 0) is 67.6 Å². The SMILES string of the molecule is C[NH+]=C1C=CC([NH2+]c2ccc(Nc3ccc(Nc4ccc(C)cc4)cc3)cc2)C=C1.[Cl-].[Cl-]. The van der Waals surface area contributed by atoms with Crippen LogP contribution in [0.5, 0.6) is 0 Å². The van der Waals surface area contributed by atoms with E-state index >= 15 is 0 Å². The maximum absolute atomic E-state index is 3.47. The normalized spacial score (nSPS) is 14.2. The first-order valence-electron chi connectivity index (χ1n) is 10.2. The van der Waals surface area contributed by atoms with Crippen molar-refractivity contribution in [3.63, 3.8) is 0 Å². The van der Waals surface area contributed by atoms with Gasteiger partial charge in [-0.25, -0.2) is 4.99 Å². The predicted molar refractivity (Wildman–Crippen MR) is 126 cm³/mol. The quantitative estimate of drug-likeness (QED) is 0.299. The zero-order valence-electron chi connectivity index (χ0n) is 18.1. The summed E-state index contributed by atoms with van der Waals surface area (Å²) < 4.78 is 0. The first-order chi connectivity index (χ1) is 14.7. The summed E-state index contributed by atoms with van der Waals surface area (Å²) in [4.78, 5) is 3.15. The van der Waals surface area contributed by atoms with Crippen LogP contribution in [0.1, 0.15) is 5.56 Å². The van der Waals surface area contributed by atoms with Crippen molar-refractivity contribution in [2.75, 3.05) is 17.7 Å². The van der Waals surface area contributed by atoms with E-state index in [1.807, 2.05) is 7.05 Å². The maximum atomic E-state index is 3.47. The number of hydrogen-bond donors (Lipinski definition) is 4. The molecule has 0 radical (unpaired) electrons. The van der Waals surface area contributed by atoms with Crippen LogP contribution in [0.15, 0.2) is 97.1 Å². The summed E-state index contributed by atoms with van der Waals surface area (Å²) in [6.45, 7) is 2.09. The highest BCUT2D eigenvalue weighted by molar-refractivity contribution is 6.00. The van der Waals surface area contributed by atoms with Crippen molar-refractivity contribution < 1.29 is 35.1 Å². The Morgan fingerprint density at radius 3 is 1.50 bits per heavy atom. The minimum absolute atomic E-state index is 0. The summed E-state index contributed by atoms with van der Waals surface area (Å²) in [7, 11) is 1.94. The van der Waals surface area contributed by atoms with Crippen LogP contribution in [0.4, 0.5) is 28.4 Å². The first kappa shape index (κ1) is 25.2. The maximum Gasteiger partial charge on any atom is 0.197 e. The Morgan fingerprint density at radius 2 is 1.06 bits per heavy atom. The molecule has 0 atom stereocenters. The number of nitrogens with one attached hydrogen (secondary N) is 3. The lowest BCUT2D eigenvalue weighted by Gasteiger charge is -2.11. The summed E-state index contributed by atoms with van der Waals surface area (Å²) in [6, 6.07) is 25.6. The predicted octanol–water partition coefficient (Wildman–Crippen LogP) is -2.67. The molecule has 3 aromatic carbocycles. The molecule has 0 heterocycles. The highest BCUT2D eigenvalue weighted by atomic mass is 35.5. The molecule has 5 N–H and O–H groups in total. The molecule has 0 saturated heterocycles. The number of aryl methyl sites for hydroxylation is 1. The Labute approximate surface area is 202 Å². The van der Waals surface area contributed by atoms with Gasteiger partial charge in [0.05, 0.1) is 0 Å². The van der Waals surface area contributed by atoms with Gasteiger partial charge in [0.25, 0.3) is 0 Å². The number of anilines is 4. The van der Waals surface area contributed by atoms with E-state index in [2.05, 4.69) is 125 Å². The summed E-state index contributed by atoms with van der Waals surface area (Å²) in [5.74, 6) is 0. The van der Waals surface area contributed by atoms with E-state index in [1.165, 1.54) is 11.3 Å².